The molecule has 2 rings (SSSR count). The van der Waals surface area contributed by atoms with E-state index in [1.807, 2.05) is 6.07 Å². The van der Waals surface area contributed by atoms with Crippen LogP contribution in [0.25, 0.3) is 0 Å². The summed E-state index contributed by atoms with van der Waals surface area (Å²) in [5.74, 6) is -0.507. The molecule has 1 aliphatic carbocycles. The van der Waals surface area contributed by atoms with Crippen LogP contribution in [0, 0.1) is 0 Å². The van der Waals surface area contributed by atoms with Gasteiger partial charge in [-0.15, -0.1) is 0 Å². The minimum Gasteiger partial charge on any atom is -0.465 e. The second-order valence-corrected chi connectivity index (χ2v) is 5.36. The Morgan fingerprint density at radius 3 is 2.62 bits per heavy atom. The lowest BCUT2D eigenvalue weighted by Crippen LogP contribution is -2.36. The van der Waals surface area contributed by atoms with Crippen LogP contribution in [-0.4, -0.2) is 18.5 Å². The van der Waals surface area contributed by atoms with Crippen LogP contribution in [-0.2, 0) is 24.7 Å². The summed E-state index contributed by atoms with van der Waals surface area (Å²) in [6.07, 6.45) is 6.08. The summed E-state index contributed by atoms with van der Waals surface area (Å²) in [7, 11) is 0. The van der Waals surface area contributed by atoms with E-state index < -0.39 is 24.1 Å². The fraction of sp³-hybridized carbons (Fsp3) is 0.500. The van der Waals surface area contributed by atoms with Crippen molar-refractivity contribution in [1.82, 2.24) is 0 Å². The Balaban J connectivity index is 2.01. The molecule has 0 bridgehead atoms. The number of hydrogen-bond acceptors (Lipinski definition) is 5. The summed E-state index contributed by atoms with van der Waals surface area (Å²) in [4.78, 5) is 23.3. The van der Waals surface area contributed by atoms with Gasteiger partial charge >= 0.3 is 11.9 Å². The Hall–Kier alpha value is -2.04. The topological polar surface area (TPSA) is 65.7 Å². The van der Waals surface area contributed by atoms with Crippen molar-refractivity contribution in [3.05, 3.63) is 36.3 Å². The van der Waals surface area contributed by atoms with Crippen molar-refractivity contribution in [3.8, 4) is 0 Å². The molecule has 0 atom stereocenters. The van der Waals surface area contributed by atoms with Gasteiger partial charge in [0.1, 0.15) is 5.76 Å². The Kier molecular flexibility index (Phi) is 4.83. The van der Waals surface area contributed by atoms with Crippen LogP contribution >= 0.6 is 0 Å². The summed E-state index contributed by atoms with van der Waals surface area (Å²) < 4.78 is 15.9. The third-order valence-electron chi connectivity index (χ3n) is 3.61. The first-order chi connectivity index (χ1) is 10.0. The van der Waals surface area contributed by atoms with Gasteiger partial charge in [-0.05, 0) is 44.7 Å². The summed E-state index contributed by atoms with van der Waals surface area (Å²) in [6, 6.07) is 3.60. The zero-order valence-corrected chi connectivity index (χ0v) is 12.2. The van der Waals surface area contributed by atoms with Gasteiger partial charge in [0.15, 0.2) is 12.2 Å². The molecule has 0 unspecified atom stereocenters. The van der Waals surface area contributed by atoms with Gasteiger partial charge in [0, 0.05) is 5.57 Å². The van der Waals surface area contributed by atoms with Gasteiger partial charge in [-0.1, -0.05) is 13.0 Å². The van der Waals surface area contributed by atoms with Crippen LogP contribution in [0.1, 0.15) is 44.8 Å². The maximum absolute atomic E-state index is 12.0. The van der Waals surface area contributed by atoms with E-state index in [9.17, 15) is 9.59 Å². The van der Waals surface area contributed by atoms with E-state index in [4.69, 9.17) is 13.9 Å². The normalized spacial score (nSPS) is 17.0. The highest BCUT2D eigenvalue weighted by atomic mass is 16.6. The predicted molar refractivity (Wildman–Crippen MR) is 75.3 cm³/mol. The number of rotatable bonds is 5. The van der Waals surface area contributed by atoms with E-state index in [2.05, 4.69) is 6.58 Å². The highest BCUT2D eigenvalue weighted by molar-refractivity contribution is 5.88. The Labute approximate surface area is 123 Å². The summed E-state index contributed by atoms with van der Waals surface area (Å²) in [6.45, 7) is 4.58. The van der Waals surface area contributed by atoms with Gasteiger partial charge in [0.05, 0.1) is 6.26 Å². The summed E-state index contributed by atoms with van der Waals surface area (Å²) in [5, 5.41) is 0. The first-order valence-corrected chi connectivity index (χ1v) is 7.12. The quantitative estimate of drug-likeness (QED) is 0.616. The molecule has 114 valence electrons. The zero-order valence-electron chi connectivity index (χ0n) is 12.2. The van der Waals surface area contributed by atoms with Crippen LogP contribution in [0.2, 0.25) is 0 Å². The fourth-order valence-corrected chi connectivity index (χ4v) is 2.55. The molecule has 1 saturated carbocycles. The summed E-state index contributed by atoms with van der Waals surface area (Å²) >= 11 is 0. The van der Waals surface area contributed by atoms with Crippen LogP contribution in [0.5, 0.6) is 0 Å². The van der Waals surface area contributed by atoms with Gasteiger partial charge in [-0.25, -0.2) is 9.59 Å². The largest absolute Gasteiger partial charge is 0.465 e. The van der Waals surface area contributed by atoms with Crippen molar-refractivity contribution in [2.24, 2.45) is 0 Å². The van der Waals surface area contributed by atoms with Gasteiger partial charge < -0.3 is 13.9 Å². The van der Waals surface area contributed by atoms with Crippen molar-refractivity contribution in [1.29, 1.82) is 0 Å². The molecule has 21 heavy (non-hydrogen) atoms. The van der Waals surface area contributed by atoms with Gasteiger partial charge in [-0.3, -0.25) is 0 Å². The molecule has 1 aromatic heterocycles. The van der Waals surface area contributed by atoms with E-state index in [1.165, 1.54) is 6.92 Å². The zero-order chi connectivity index (χ0) is 15.3. The molecule has 0 saturated heterocycles. The third-order valence-corrected chi connectivity index (χ3v) is 3.61. The fourth-order valence-electron chi connectivity index (χ4n) is 2.55. The average Bonchev–Trinajstić information content (AvgIpc) is 3.00. The summed E-state index contributed by atoms with van der Waals surface area (Å²) in [5.41, 5.74) is -0.477. The molecule has 1 heterocycles. The molecule has 0 spiro atoms. The SMILES string of the molecule is C=C(C)C(=O)OCC(=O)OC1(c2ccco2)CCCCC1. The lowest BCUT2D eigenvalue weighted by Gasteiger charge is -2.34. The highest BCUT2D eigenvalue weighted by Crippen LogP contribution is 2.40. The maximum Gasteiger partial charge on any atom is 0.345 e. The molecular formula is C16H20O5. The Morgan fingerprint density at radius 2 is 2.05 bits per heavy atom. The molecule has 1 fully saturated rings. The predicted octanol–water partition coefficient (Wildman–Crippen LogP) is 3.10. The van der Waals surface area contributed by atoms with Crippen molar-refractivity contribution in [2.45, 2.75) is 44.6 Å². The number of hydrogen-bond donors (Lipinski definition) is 0. The van der Waals surface area contributed by atoms with Gasteiger partial charge in [0.2, 0.25) is 0 Å². The second kappa shape index (κ2) is 6.61. The van der Waals surface area contributed by atoms with Crippen LogP contribution < -0.4 is 0 Å². The Morgan fingerprint density at radius 1 is 1.33 bits per heavy atom. The van der Waals surface area contributed by atoms with E-state index in [0.29, 0.717) is 5.76 Å². The highest BCUT2D eigenvalue weighted by Gasteiger charge is 2.40. The second-order valence-electron chi connectivity index (χ2n) is 5.36. The molecule has 0 amide bonds. The first-order valence-electron chi connectivity index (χ1n) is 7.12. The van der Waals surface area contributed by atoms with Gasteiger partial charge in [-0.2, -0.15) is 0 Å². The van der Waals surface area contributed by atoms with E-state index >= 15 is 0 Å². The molecule has 5 heteroatoms. The monoisotopic (exact) mass is 292 g/mol. The van der Waals surface area contributed by atoms with Crippen molar-refractivity contribution in [3.63, 3.8) is 0 Å². The lowest BCUT2D eigenvalue weighted by atomic mass is 9.83. The third kappa shape index (κ3) is 3.74. The Bertz CT molecular complexity index is 509. The van der Waals surface area contributed by atoms with E-state index in [-0.39, 0.29) is 5.57 Å². The molecule has 5 nitrogen and oxygen atoms in total. The number of carbonyl (C=O) groups is 2. The smallest absolute Gasteiger partial charge is 0.345 e. The standard InChI is InChI=1S/C16H20O5/c1-12(2)15(18)20-11-14(17)21-16(8-4-3-5-9-16)13-7-6-10-19-13/h6-7,10H,1,3-5,8-9,11H2,2H3. The number of ether oxygens (including phenoxy) is 2. The average molecular weight is 292 g/mol. The molecule has 0 aliphatic heterocycles. The van der Waals surface area contributed by atoms with E-state index in [0.717, 1.165) is 32.1 Å². The minimum atomic E-state index is -0.728. The number of carbonyl (C=O) groups excluding carboxylic acids is 2. The number of esters is 2. The molecule has 0 radical (unpaired) electrons. The lowest BCUT2D eigenvalue weighted by molar-refractivity contribution is -0.175. The molecular weight excluding hydrogens is 272 g/mol. The van der Waals surface area contributed by atoms with Crippen LogP contribution in [0.4, 0.5) is 0 Å². The molecule has 1 aromatic rings. The van der Waals surface area contributed by atoms with Crippen molar-refractivity contribution < 1.29 is 23.5 Å². The van der Waals surface area contributed by atoms with Crippen molar-refractivity contribution >= 4 is 11.9 Å². The maximum atomic E-state index is 12.0. The van der Waals surface area contributed by atoms with Crippen LogP contribution in [0.3, 0.4) is 0 Å². The molecule has 0 N–H and O–H groups in total. The first kappa shape index (κ1) is 15.4. The van der Waals surface area contributed by atoms with Crippen LogP contribution in [0.15, 0.2) is 35.0 Å². The molecule has 0 aromatic carbocycles. The van der Waals surface area contributed by atoms with E-state index in [1.54, 1.807) is 12.3 Å². The van der Waals surface area contributed by atoms with Crippen molar-refractivity contribution in [2.75, 3.05) is 6.61 Å². The van der Waals surface area contributed by atoms with Gasteiger partial charge in [0.25, 0.3) is 0 Å². The molecule has 1 aliphatic rings. The minimum absolute atomic E-state index is 0.251. The number of furan rings is 1.